The summed E-state index contributed by atoms with van der Waals surface area (Å²) in [6, 6.07) is 7.57. The molecular weight excluding hydrogens is 243 g/mol. The minimum absolute atomic E-state index is 0.108. The van der Waals surface area contributed by atoms with E-state index in [1.165, 1.54) is 32.1 Å². The summed E-state index contributed by atoms with van der Waals surface area (Å²) in [7, 11) is 0. The Balaban J connectivity index is 1.60. The third kappa shape index (κ3) is 3.20. The third-order valence-corrected chi connectivity index (χ3v) is 4.30. The van der Waals surface area contributed by atoms with Gasteiger partial charge in [0, 0.05) is 6.07 Å². The minimum atomic E-state index is -0.461. The van der Waals surface area contributed by atoms with Crippen molar-refractivity contribution < 1.29 is 13.9 Å². The number of hydrogen-bond acceptors (Lipinski definition) is 2. The summed E-state index contributed by atoms with van der Waals surface area (Å²) in [5.41, 5.74) is 0. The van der Waals surface area contributed by atoms with E-state index >= 15 is 0 Å². The lowest BCUT2D eigenvalue weighted by Crippen LogP contribution is -2.26. The first kappa shape index (κ1) is 12.8. The van der Waals surface area contributed by atoms with E-state index in [2.05, 4.69) is 0 Å². The standard InChI is InChI=1S/C16H21FO2/c17-6-7-18-14-2-1-3-15(11-14)19-16-9-12-4-5-13(8-12)10-16/h1-3,11-13,16H,4-10H2/t12-,13+,16?. The highest BCUT2D eigenvalue weighted by Crippen LogP contribution is 2.43. The molecule has 3 rings (SSSR count). The van der Waals surface area contributed by atoms with Crippen molar-refractivity contribution >= 4 is 0 Å². The zero-order chi connectivity index (χ0) is 13.1. The first-order chi connectivity index (χ1) is 9.33. The first-order valence-corrected chi connectivity index (χ1v) is 7.29. The van der Waals surface area contributed by atoms with Crippen LogP contribution in [0.15, 0.2) is 24.3 Å². The van der Waals surface area contributed by atoms with Crippen molar-refractivity contribution in [3.8, 4) is 11.5 Å². The molecule has 0 aliphatic heterocycles. The number of benzene rings is 1. The molecule has 2 aliphatic carbocycles. The Hall–Kier alpha value is -1.25. The van der Waals surface area contributed by atoms with Crippen LogP contribution in [0.4, 0.5) is 4.39 Å². The van der Waals surface area contributed by atoms with Gasteiger partial charge >= 0.3 is 0 Å². The number of ether oxygens (including phenoxy) is 2. The summed E-state index contributed by atoms with van der Waals surface area (Å²) in [5, 5.41) is 0. The molecule has 0 heterocycles. The van der Waals surface area contributed by atoms with Crippen LogP contribution >= 0.6 is 0 Å². The maximum atomic E-state index is 12.1. The number of fused-ring (bicyclic) bond motifs is 2. The van der Waals surface area contributed by atoms with Crippen LogP contribution in [-0.2, 0) is 0 Å². The SMILES string of the molecule is FCCOc1cccc(OC2C[C@H]3CC[C@@H](C2)C3)c1. The Labute approximate surface area is 113 Å². The molecule has 2 nitrogen and oxygen atoms in total. The molecule has 1 aromatic rings. The largest absolute Gasteiger partial charge is 0.491 e. The second kappa shape index (κ2) is 5.81. The zero-order valence-corrected chi connectivity index (χ0v) is 11.2. The third-order valence-electron chi connectivity index (χ3n) is 4.30. The lowest BCUT2D eigenvalue weighted by atomic mass is 9.87. The lowest BCUT2D eigenvalue weighted by molar-refractivity contribution is 0.118. The molecule has 19 heavy (non-hydrogen) atoms. The quantitative estimate of drug-likeness (QED) is 0.800. The smallest absolute Gasteiger partial charge is 0.123 e. The summed E-state index contributed by atoms with van der Waals surface area (Å²) in [6.45, 7) is -0.353. The van der Waals surface area contributed by atoms with Crippen molar-refractivity contribution in [3.63, 3.8) is 0 Å². The average Bonchev–Trinajstić information content (AvgIpc) is 2.76. The summed E-state index contributed by atoms with van der Waals surface area (Å²) in [4.78, 5) is 0. The molecule has 0 N–H and O–H groups in total. The van der Waals surface area contributed by atoms with E-state index in [1.807, 2.05) is 24.3 Å². The fourth-order valence-corrected chi connectivity index (χ4v) is 3.53. The van der Waals surface area contributed by atoms with Gasteiger partial charge in [-0.15, -0.1) is 0 Å². The van der Waals surface area contributed by atoms with Gasteiger partial charge in [0.1, 0.15) is 24.8 Å². The van der Waals surface area contributed by atoms with Crippen molar-refractivity contribution in [2.45, 2.75) is 38.2 Å². The van der Waals surface area contributed by atoms with Crippen LogP contribution < -0.4 is 9.47 Å². The molecule has 2 saturated carbocycles. The van der Waals surface area contributed by atoms with Crippen molar-refractivity contribution in [2.75, 3.05) is 13.3 Å². The maximum absolute atomic E-state index is 12.1. The fraction of sp³-hybridized carbons (Fsp3) is 0.625. The van der Waals surface area contributed by atoms with Gasteiger partial charge in [-0.2, -0.15) is 0 Å². The molecule has 2 bridgehead atoms. The second-order valence-corrected chi connectivity index (χ2v) is 5.77. The van der Waals surface area contributed by atoms with Crippen molar-refractivity contribution in [3.05, 3.63) is 24.3 Å². The molecule has 3 atom stereocenters. The molecule has 0 radical (unpaired) electrons. The molecule has 0 saturated heterocycles. The van der Waals surface area contributed by atoms with E-state index in [-0.39, 0.29) is 6.61 Å². The highest BCUT2D eigenvalue weighted by atomic mass is 19.1. The van der Waals surface area contributed by atoms with Gasteiger partial charge < -0.3 is 9.47 Å². The van der Waals surface area contributed by atoms with E-state index in [0.717, 1.165) is 17.6 Å². The molecular formula is C16H21FO2. The number of hydrogen-bond donors (Lipinski definition) is 0. The van der Waals surface area contributed by atoms with E-state index in [0.29, 0.717) is 11.9 Å². The summed E-state index contributed by atoms with van der Waals surface area (Å²) < 4.78 is 23.5. The van der Waals surface area contributed by atoms with E-state index < -0.39 is 6.67 Å². The molecule has 2 aliphatic rings. The van der Waals surface area contributed by atoms with Crippen LogP contribution in [0.3, 0.4) is 0 Å². The van der Waals surface area contributed by atoms with Crippen molar-refractivity contribution in [1.82, 2.24) is 0 Å². The van der Waals surface area contributed by atoms with Gasteiger partial charge in [0.2, 0.25) is 0 Å². The number of rotatable bonds is 5. The molecule has 0 spiro atoms. The van der Waals surface area contributed by atoms with Gasteiger partial charge in [0.25, 0.3) is 0 Å². The molecule has 104 valence electrons. The normalized spacial score (nSPS) is 29.2. The number of halogens is 1. The molecule has 3 heteroatoms. The Bertz CT molecular complexity index is 409. The lowest BCUT2D eigenvalue weighted by Gasteiger charge is -2.28. The van der Waals surface area contributed by atoms with E-state index in [9.17, 15) is 4.39 Å². The Morgan fingerprint density at radius 3 is 2.53 bits per heavy atom. The Morgan fingerprint density at radius 1 is 1.05 bits per heavy atom. The molecule has 0 aromatic heterocycles. The topological polar surface area (TPSA) is 18.5 Å². The summed E-state index contributed by atoms with van der Waals surface area (Å²) >= 11 is 0. The summed E-state index contributed by atoms with van der Waals surface area (Å²) in [6.07, 6.45) is 6.88. The van der Waals surface area contributed by atoms with Crippen LogP contribution in [-0.4, -0.2) is 19.4 Å². The van der Waals surface area contributed by atoms with Crippen LogP contribution in [0, 0.1) is 11.8 Å². The van der Waals surface area contributed by atoms with Crippen LogP contribution in [0.2, 0.25) is 0 Å². The van der Waals surface area contributed by atoms with Crippen molar-refractivity contribution in [1.29, 1.82) is 0 Å². The van der Waals surface area contributed by atoms with Gasteiger partial charge in [-0.25, -0.2) is 4.39 Å². The minimum Gasteiger partial charge on any atom is -0.491 e. The predicted octanol–water partition coefficient (Wildman–Crippen LogP) is 3.99. The monoisotopic (exact) mass is 264 g/mol. The van der Waals surface area contributed by atoms with Gasteiger partial charge in [-0.05, 0) is 43.2 Å². The van der Waals surface area contributed by atoms with E-state index in [1.54, 1.807) is 0 Å². The van der Waals surface area contributed by atoms with Crippen LogP contribution in [0.1, 0.15) is 32.1 Å². The van der Waals surface area contributed by atoms with Gasteiger partial charge in [0.15, 0.2) is 0 Å². The molecule has 1 aromatic carbocycles. The maximum Gasteiger partial charge on any atom is 0.123 e. The highest BCUT2D eigenvalue weighted by molar-refractivity contribution is 5.33. The Kier molecular flexibility index (Phi) is 3.90. The van der Waals surface area contributed by atoms with E-state index in [4.69, 9.17) is 9.47 Å². The molecule has 1 unspecified atom stereocenters. The van der Waals surface area contributed by atoms with Crippen LogP contribution in [0.5, 0.6) is 11.5 Å². The summed E-state index contributed by atoms with van der Waals surface area (Å²) in [5.74, 6) is 3.28. The molecule has 2 fully saturated rings. The van der Waals surface area contributed by atoms with Crippen molar-refractivity contribution in [2.24, 2.45) is 11.8 Å². The van der Waals surface area contributed by atoms with Gasteiger partial charge in [-0.3, -0.25) is 0 Å². The molecule has 0 amide bonds. The first-order valence-electron chi connectivity index (χ1n) is 7.29. The average molecular weight is 264 g/mol. The predicted molar refractivity (Wildman–Crippen MR) is 72.4 cm³/mol. The van der Waals surface area contributed by atoms with Gasteiger partial charge in [0.05, 0.1) is 6.10 Å². The Morgan fingerprint density at radius 2 is 1.79 bits per heavy atom. The zero-order valence-electron chi connectivity index (χ0n) is 11.2. The number of alkyl halides is 1. The van der Waals surface area contributed by atoms with Crippen LogP contribution in [0.25, 0.3) is 0 Å². The second-order valence-electron chi connectivity index (χ2n) is 5.77. The fourth-order valence-electron chi connectivity index (χ4n) is 3.53. The van der Waals surface area contributed by atoms with Gasteiger partial charge in [-0.1, -0.05) is 18.9 Å². The highest BCUT2D eigenvalue weighted by Gasteiger charge is 2.35.